The van der Waals surface area contributed by atoms with Gasteiger partial charge in [0.05, 0.1) is 6.54 Å². The number of ether oxygens (including phenoxy) is 2. The van der Waals surface area contributed by atoms with E-state index in [1.54, 1.807) is 0 Å². The fourth-order valence-electron chi connectivity index (χ4n) is 5.14. The first-order chi connectivity index (χ1) is 17.1. The van der Waals surface area contributed by atoms with Gasteiger partial charge >= 0.3 is 18.1 Å². The van der Waals surface area contributed by atoms with Gasteiger partial charge in [-0.1, -0.05) is 52.3 Å². The highest BCUT2D eigenvalue weighted by molar-refractivity contribution is 5.83. The Hall–Kier alpha value is -2.62. The first-order valence-electron chi connectivity index (χ1n) is 12.7. The summed E-state index contributed by atoms with van der Waals surface area (Å²) in [6.07, 6.45) is -4.27. The van der Waals surface area contributed by atoms with Gasteiger partial charge in [-0.2, -0.15) is 13.2 Å². The van der Waals surface area contributed by atoms with Crippen LogP contribution in [0.5, 0.6) is 0 Å². The number of esters is 2. The molecule has 0 aliphatic heterocycles. The normalized spacial score (nSPS) is 21.9. The van der Waals surface area contributed by atoms with Gasteiger partial charge in [-0.05, 0) is 54.7 Å². The van der Waals surface area contributed by atoms with Gasteiger partial charge in [0.25, 0.3) is 0 Å². The highest BCUT2D eigenvalue weighted by atomic mass is 19.4. The SMILES string of the molecule is CC(=O)O[C@H](C)[C@H](N)C(=O)NCC1(OC(=O)C(F)(F)F)CCCCC1c1c(C(C)C)cccc1C(C)C. The molecule has 1 amide bonds. The molecule has 1 aromatic rings. The van der Waals surface area contributed by atoms with Crippen LogP contribution < -0.4 is 11.1 Å². The third-order valence-electron chi connectivity index (χ3n) is 6.99. The molecule has 1 saturated carbocycles. The number of carbonyl (C=O) groups is 3. The van der Waals surface area contributed by atoms with Crippen molar-refractivity contribution in [1.29, 1.82) is 0 Å². The number of nitrogens with one attached hydrogen (secondary N) is 1. The standard InChI is InChI=1S/C27H39F3N2O5/c1-15(2)19-10-9-11-20(16(3)4)22(19)21-12-7-8-13-26(21,37-25(35)27(28,29)30)14-32-24(34)23(31)17(5)36-18(6)33/h9-11,15-17,21,23H,7-8,12-14,31H2,1-6H3,(H,32,34)/t17-,21?,23+,26?/m1/s1. The number of nitrogens with two attached hydrogens (primary N) is 1. The summed E-state index contributed by atoms with van der Waals surface area (Å²) in [5.41, 5.74) is 7.10. The molecule has 4 atom stereocenters. The third-order valence-corrected chi connectivity index (χ3v) is 6.99. The maximum Gasteiger partial charge on any atom is 0.490 e. The zero-order valence-corrected chi connectivity index (χ0v) is 22.4. The van der Waals surface area contributed by atoms with Crippen LogP contribution in [0.2, 0.25) is 0 Å². The van der Waals surface area contributed by atoms with Crippen LogP contribution in [-0.2, 0) is 23.9 Å². The van der Waals surface area contributed by atoms with Crippen molar-refractivity contribution in [3.05, 3.63) is 34.9 Å². The summed E-state index contributed by atoms with van der Waals surface area (Å²) in [5.74, 6) is -4.07. The summed E-state index contributed by atoms with van der Waals surface area (Å²) in [7, 11) is 0. The minimum atomic E-state index is -5.20. The number of carbonyl (C=O) groups excluding carboxylic acids is 3. The van der Waals surface area contributed by atoms with Gasteiger partial charge < -0.3 is 20.5 Å². The molecule has 2 unspecified atom stereocenters. The molecule has 0 radical (unpaired) electrons. The molecular weight excluding hydrogens is 489 g/mol. The van der Waals surface area contributed by atoms with Crippen LogP contribution in [0, 0.1) is 0 Å². The van der Waals surface area contributed by atoms with Crippen molar-refractivity contribution in [2.24, 2.45) is 5.73 Å². The molecule has 37 heavy (non-hydrogen) atoms. The summed E-state index contributed by atoms with van der Waals surface area (Å²) in [5, 5.41) is 2.60. The Morgan fingerprint density at radius 1 is 1.08 bits per heavy atom. The van der Waals surface area contributed by atoms with Crippen LogP contribution in [0.1, 0.15) is 102 Å². The second kappa shape index (κ2) is 12.3. The zero-order valence-electron chi connectivity index (χ0n) is 22.4. The molecule has 1 aliphatic rings. The zero-order chi connectivity index (χ0) is 28.1. The van der Waals surface area contributed by atoms with Crippen molar-refractivity contribution < 1.29 is 37.0 Å². The molecule has 1 aromatic carbocycles. The van der Waals surface area contributed by atoms with E-state index in [1.165, 1.54) is 13.8 Å². The third kappa shape index (κ3) is 7.46. The quantitative estimate of drug-likeness (QED) is 0.445. The Bertz CT molecular complexity index is 953. The van der Waals surface area contributed by atoms with Crippen molar-refractivity contribution in [3.63, 3.8) is 0 Å². The number of amides is 1. The molecule has 0 spiro atoms. The van der Waals surface area contributed by atoms with Crippen molar-refractivity contribution in [2.75, 3.05) is 6.54 Å². The van der Waals surface area contributed by atoms with E-state index in [-0.39, 0.29) is 24.8 Å². The molecule has 0 aromatic heterocycles. The monoisotopic (exact) mass is 528 g/mol. The fourth-order valence-corrected chi connectivity index (χ4v) is 5.14. The summed E-state index contributed by atoms with van der Waals surface area (Å²) < 4.78 is 50.6. The van der Waals surface area contributed by atoms with Gasteiger partial charge in [0.1, 0.15) is 17.7 Å². The first kappa shape index (κ1) is 30.6. The maximum atomic E-state index is 13.4. The van der Waals surface area contributed by atoms with E-state index in [0.717, 1.165) is 23.1 Å². The number of hydrogen-bond acceptors (Lipinski definition) is 6. The molecule has 0 bridgehead atoms. The molecule has 1 fully saturated rings. The predicted molar refractivity (Wildman–Crippen MR) is 133 cm³/mol. The van der Waals surface area contributed by atoms with Crippen molar-refractivity contribution in [2.45, 2.75) is 109 Å². The molecule has 7 nitrogen and oxygen atoms in total. The Morgan fingerprint density at radius 3 is 2.14 bits per heavy atom. The molecule has 1 aliphatic carbocycles. The Kier molecular flexibility index (Phi) is 10.2. The topological polar surface area (TPSA) is 108 Å². The second-order valence-electron chi connectivity index (χ2n) is 10.5. The van der Waals surface area contributed by atoms with Crippen molar-refractivity contribution in [3.8, 4) is 0 Å². The van der Waals surface area contributed by atoms with Gasteiger partial charge in [-0.15, -0.1) is 0 Å². The molecule has 0 heterocycles. The summed E-state index contributed by atoms with van der Waals surface area (Å²) in [6.45, 7) is 10.3. The number of alkyl halides is 3. The van der Waals surface area contributed by atoms with E-state index in [4.69, 9.17) is 15.2 Å². The van der Waals surface area contributed by atoms with Crippen LogP contribution in [0.4, 0.5) is 13.2 Å². The summed E-state index contributed by atoms with van der Waals surface area (Å²) >= 11 is 0. The fraction of sp³-hybridized carbons (Fsp3) is 0.667. The first-order valence-corrected chi connectivity index (χ1v) is 12.7. The lowest BCUT2D eigenvalue weighted by atomic mass is 9.67. The van der Waals surface area contributed by atoms with E-state index in [1.807, 2.05) is 45.9 Å². The number of rotatable bonds is 9. The minimum Gasteiger partial charge on any atom is -0.461 e. The highest BCUT2D eigenvalue weighted by Gasteiger charge is 2.52. The smallest absolute Gasteiger partial charge is 0.461 e. The second-order valence-corrected chi connectivity index (χ2v) is 10.5. The summed E-state index contributed by atoms with van der Waals surface area (Å²) in [6, 6.07) is 4.57. The molecule has 0 saturated heterocycles. The van der Waals surface area contributed by atoms with Crippen LogP contribution in [0.25, 0.3) is 0 Å². The van der Waals surface area contributed by atoms with E-state index >= 15 is 0 Å². The maximum absolute atomic E-state index is 13.4. The van der Waals surface area contributed by atoms with Crippen LogP contribution in [0.3, 0.4) is 0 Å². The van der Waals surface area contributed by atoms with Gasteiger partial charge in [-0.3, -0.25) is 9.59 Å². The van der Waals surface area contributed by atoms with E-state index in [9.17, 15) is 27.6 Å². The van der Waals surface area contributed by atoms with Crippen molar-refractivity contribution in [1.82, 2.24) is 5.32 Å². The average Bonchev–Trinajstić information content (AvgIpc) is 2.80. The minimum absolute atomic E-state index is 0.0687. The lowest BCUT2D eigenvalue weighted by molar-refractivity contribution is -0.218. The van der Waals surface area contributed by atoms with Gasteiger partial charge in [0.15, 0.2) is 0 Å². The van der Waals surface area contributed by atoms with E-state index in [0.29, 0.717) is 12.8 Å². The molecule has 208 valence electrons. The van der Waals surface area contributed by atoms with Gasteiger partial charge in [0, 0.05) is 12.8 Å². The van der Waals surface area contributed by atoms with E-state index in [2.05, 4.69) is 5.32 Å². The number of hydrogen-bond donors (Lipinski definition) is 2. The highest BCUT2D eigenvalue weighted by Crippen LogP contribution is 2.48. The molecule has 2 rings (SSSR count). The number of benzene rings is 1. The molecule has 10 heteroatoms. The Morgan fingerprint density at radius 2 is 1.65 bits per heavy atom. The average molecular weight is 529 g/mol. The Balaban J connectivity index is 2.57. The Labute approximate surface area is 216 Å². The lowest BCUT2D eigenvalue weighted by Crippen LogP contribution is -2.57. The van der Waals surface area contributed by atoms with Crippen molar-refractivity contribution >= 4 is 17.8 Å². The van der Waals surface area contributed by atoms with Gasteiger partial charge in [0.2, 0.25) is 5.91 Å². The molecular formula is C27H39F3N2O5. The van der Waals surface area contributed by atoms with Gasteiger partial charge in [-0.25, -0.2) is 4.79 Å². The predicted octanol–water partition coefficient (Wildman–Crippen LogP) is 4.83. The van der Waals surface area contributed by atoms with Crippen LogP contribution in [-0.4, -0.2) is 48.3 Å². The number of halogens is 3. The van der Waals surface area contributed by atoms with Crippen LogP contribution >= 0.6 is 0 Å². The molecule has 3 N–H and O–H groups in total. The lowest BCUT2D eigenvalue weighted by Gasteiger charge is -2.45. The largest absolute Gasteiger partial charge is 0.490 e. The summed E-state index contributed by atoms with van der Waals surface area (Å²) in [4.78, 5) is 36.3. The van der Waals surface area contributed by atoms with E-state index < -0.39 is 47.7 Å². The van der Waals surface area contributed by atoms with Crippen LogP contribution in [0.15, 0.2) is 18.2 Å².